The Labute approximate surface area is 118 Å². The van der Waals surface area contributed by atoms with Gasteiger partial charge in [0, 0.05) is 25.2 Å². The third-order valence-electron chi connectivity index (χ3n) is 4.52. The van der Waals surface area contributed by atoms with Crippen LogP contribution in [0.5, 0.6) is 0 Å². The van der Waals surface area contributed by atoms with Crippen molar-refractivity contribution in [2.24, 2.45) is 5.92 Å². The number of hydrogen-bond acceptors (Lipinski definition) is 4. The largest absolute Gasteiger partial charge is 0.377 e. The van der Waals surface area contributed by atoms with Crippen molar-refractivity contribution in [2.75, 3.05) is 26.2 Å². The molecule has 1 atom stereocenters. The van der Waals surface area contributed by atoms with Crippen LogP contribution in [0, 0.1) is 5.92 Å². The summed E-state index contributed by atoms with van der Waals surface area (Å²) < 4.78 is 28.3. The average molecular weight is 291 g/mol. The van der Waals surface area contributed by atoms with Crippen LogP contribution < -0.4 is 5.32 Å². The molecule has 0 aromatic heterocycles. The lowest BCUT2D eigenvalue weighted by Crippen LogP contribution is -2.53. The molecule has 0 aliphatic heterocycles. The topological polar surface area (TPSA) is 55.4 Å². The van der Waals surface area contributed by atoms with E-state index in [1.54, 1.807) is 7.11 Å². The molecule has 0 bridgehead atoms. The van der Waals surface area contributed by atoms with Crippen molar-refractivity contribution >= 4 is 9.84 Å². The molecule has 0 heterocycles. The molecular formula is C14H29NO3S. The van der Waals surface area contributed by atoms with Crippen LogP contribution in [0.3, 0.4) is 0 Å². The maximum absolute atomic E-state index is 11.2. The van der Waals surface area contributed by atoms with Crippen molar-refractivity contribution in [3.8, 4) is 0 Å². The van der Waals surface area contributed by atoms with Gasteiger partial charge in [0.15, 0.2) is 0 Å². The second kappa shape index (κ2) is 7.04. The fourth-order valence-corrected chi connectivity index (χ4v) is 3.86. The summed E-state index contributed by atoms with van der Waals surface area (Å²) in [5.41, 5.74) is -0.112. The fourth-order valence-electron chi connectivity index (χ4n) is 3.17. The number of ether oxygens (including phenoxy) is 1. The maximum atomic E-state index is 11.2. The standard InChI is InChI=1S/C14H29NO3S/c1-12-7-9-14(18-3,10-8-12)13(15-2)6-5-11-19(4,16)17/h12-13,15H,5-11H2,1-4H3. The summed E-state index contributed by atoms with van der Waals surface area (Å²) in [6.07, 6.45) is 7.37. The monoisotopic (exact) mass is 291 g/mol. The summed E-state index contributed by atoms with van der Waals surface area (Å²) in [7, 11) is 0.874. The van der Waals surface area contributed by atoms with Crippen LogP contribution in [-0.2, 0) is 14.6 Å². The van der Waals surface area contributed by atoms with Crippen LogP contribution in [-0.4, -0.2) is 46.2 Å². The first-order chi connectivity index (χ1) is 8.83. The van der Waals surface area contributed by atoms with E-state index in [4.69, 9.17) is 4.74 Å². The second-order valence-corrected chi connectivity index (χ2v) is 8.32. The van der Waals surface area contributed by atoms with Gasteiger partial charge in [-0.2, -0.15) is 0 Å². The van der Waals surface area contributed by atoms with E-state index in [0.717, 1.165) is 25.2 Å². The van der Waals surface area contributed by atoms with E-state index in [1.807, 2.05) is 7.05 Å². The molecule has 4 nitrogen and oxygen atoms in total. The van der Waals surface area contributed by atoms with Crippen molar-refractivity contribution in [1.82, 2.24) is 5.32 Å². The summed E-state index contributed by atoms with van der Waals surface area (Å²) in [6, 6.07) is 0.242. The van der Waals surface area contributed by atoms with Crippen LogP contribution >= 0.6 is 0 Å². The molecule has 1 rings (SSSR count). The van der Waals surface area contributed by atoms with E-state index in [2.05, 4.69) is 12.2 Å². The van der Waals surface area contributed by atoms with Crippen LogP contribution in [0.15, 0.2) is 0 Å². The lowest BCUT2D eigenvalue weighted by Gasteiger charge is -2.44. The zero-order valence-electron chi connectivity index (χ0n) is 12.7. The van der Waals surface area contributed by atoms with Crippen molar-refractivity contribution < 1.29 is 13.2 Å². The second-order valence-electron chi connectivity index (χ2n) is 6.06. The Morgan fingerprint density at radius 2 is 1.95 bits per heavy atom. The third kappa shape index (κ3) is 5.04. The van der Waals surface area contributed by atoms with Crippen LogP contribution in [0.2, 0.25) is 0 Å². The van der Waals surface area contributed by atoms with Gasteiger partial charge < -0.3 is 10.1 Å². The number of hydrogen-bond donors (Lipinski definition) is 1. The van der Waals surface area contributed by atoms with Gasteiger partial charge in [-0.15, -0.1) is 0 Å². The molecule has 114 valence electrons. The predicted molar refractivity (Wildman–Crippen MR) is 79.2 cm³/mol. The Bertz CT molecular complexity index is 359. The van der Waals surface area contributed by atoms with E-state index in [1.165, 1.54) is 19.1 Å². The Hall–Kier alpha value is -0.130. The molecule has 0 spiro atoms. The zero-order valence-corrected chi connectivity index (χ0v) is 13.6. The van der Waals surface area contributed by atoms with Gasteiger partial charge >= 0.3 is 0 Å². The highest BCUT2D eigenvalue weighted by Crippen LogP contribution is 2.38. The minimum absolute atomic E-state index is 0.112. The molecule has 0 radical (unpaired) electrons. The Morgan fingerprint density at radius 1 is 1.37 bits per heavy atom. The first-order valence-corrected chi connectivity index (χ1v) is 9.29. The van der Waals surface area contributed by atoms with Gasteiger partial charge in [-0.05, 0) is 51.5 Å². The highest BCUT2D eigenvalue weighted by molar-refractivity contribution is 7.90. The highest BCUT2D eigenvalue weighted by Gasteiger charge is 2.40. The summed E-state index contributed by atoms with van der Waals surface area (Å²) >= 11 is 0. The van der Waals surface area contributed by atoms with Crippen molar-refractivity contribution in [1.29, 1.82) is 0 Å². The van der Waals surface area contributed by atoms with Gasteiger partial charge in [0.25, 0.3) is 0 Å². The third-order valence-corrected chi connectivity index (χ3v) is 5.55. The van der Waals surface area contributed by atoms with Gasteiger partial charge in [-0.3, -0.25) is 0 Å². The maximum Gasteiger partial charge on any atom is 0.147 e. The van der Waals surface area contributed by atoms with Gasteiger partial charge in [0.2, 0.25) is 0 Å². The number of sulfone groups is 1. The quantitative estimate of drug-likeness (QED) is 0.779. The van der Waals surface area contributed by atoms with Crippen LogP contribution in [0.25, 0.3) is 0 Å². The molecule has 1 saturated carbocycles. The SMILES string of the molecule is CNC(CCCS(C)(=O)=O)C1(OC)CCC(C)CC1. The number of rotatable bonds is 7. The fraction of sp³-hybridized carbons (Fsp3) is 1.00. The van der Waals surface area contributed by atoms with Gasteiger partial charge in [-0.1, -0.05) is 6.92 Å². The van der Waals surface area contributed by atoms with Crippen molar-refractivity contribution in [2.45, 2.75) is 57.1 Å². The van der Waals surface area contributed by atoms with Crippen molar-refractivity contribution in [3.63, 3.8) is 0 Å². The molecule has 1 unspecified atom stereocenters. The van der Waals surface area contributed by atoms with E-state index in [0.29, 0.717) is 6.42 Å². The van der Waals surface area contributed by atoms with Crippen LogP contribution in [0.1, 0.15) is 45.4 Å². The predicted octanol–water partition coefficient (Wildman–Crippen LogP) is 1.99. The molecule has 1 aliphatic carbocycles. The molecule has 0 aromatic carbocycles. The first-order valence-electron chi connectivity index (χ1n) is 7.23. The van der Waals surface area contributed by atoms with Gasteiger partial charge in [-0.25, -0.2) is 8.42 Å². The molecule has 19 heavy (non-hydrogen) atoms. The van der Waals surface area contributed by atoms with Crippen LogP contribution in [0.4, 0.5) is 0 Å². The Balaban J connectivity index is 2.60. The first kappa shape index (κ1) is 16.9. The molecule has 0 amide bonds. The van der Waals surface area contributed by atoms with E-state index >= 15 is 0 Å². The molecule has 1 aliphatic rings. The Morgan fingerprint density at radius 3 is 2.37 bits per heavy atom. The summed E-state index contributed by atoms with van der Waals surface area (Å²) in [4.78, 5) is 0. The highest BCUT2D eigenvalue weighted by atomic mass is 32.2. The van der Waals surface area contributed by atoms with Gasteiger partial charge in [0.1, 0.15) is 9.84 Å². The van der Waals surface area contributed by atoms with Crippen molar-refractivity contribution in [3.05, 3.63) is 0 Å². The van der Waals surface area contributed by atoms with E-state index in [-0.39, 0.29) is 17.4 Å². The minimum Gasteiger partial charge on any atom is -0.377 e. The summed E-state index contributed by atoms with van der Waals surface area (Å²) in [5.74, 6) is 1.04. The zero-order chi connectivity index (χ0) is 14.5. The molecular weight excluding hydrogens is 262 g/mol. The smallest absolute Gasteiger partial charge is 0.147 e. The van der Waals surface area contributed by atoms with Gasteiger partial charge in [0.05, 0.1) is 5.60 Å². The normalized spacial score (nSPS) is 30.2. The summed E-state index contributed by atoms with van der Waals surface area (Å²) in [5, 5.41) is 3.34. The molecule has 0 aromatic rings. The molecule has 0 saturated heterocycles. The lowest BCUT2D eigenvalue weighted by atomic mass is 9.74. The van der Waals surface area contributed by atoms with E-state index in [9.17, 15) is 8.42 Å². The summed E-state index contributed by atoms with van der Waals surface area (Å²) in [6.45, 7) is 2.29. The number of nitrogens with one attached hydrogen (secondary N) is 1. The number of likely N-dealkylation sites (N-methyl/N-ethyl adjacent to an activating group) is 1. The number of methoxy groups -OCH3 is 1. The minimum atomic E-state index is -2.86. The average Bonchev–Trinajstić information content (AvgIpc) is 2.35. The molecule has 1 N–H and O–H groups in total. The molecule has 1 fully saturated rings. The Kier molecular flexibility index (Phi) is 6.27. The van der Waals surface area contributed by atoms with E-state index < -0.39 is 9.84 Å². The lowest BCUT2D eigenvalue weighted by molar-refractivity contribution is -0.0749. The molecule has 5 heteroatoms.